The molecule has 0 saturated carbocycles. The Kier molecular flexibility index (Phi) is 9.55. The van der Waals surface area contributed by atoms with E-state index in [2.05, 4.69) is 56.9 Å². The first-order valence-corrected chi connectivity index (χ1v) is 12.7. The summed E-state index contributed by atoms with van der Waals surface area (Å²) in [4.78, 5) is 14.6. The average molecular weight is 478 g/mol. The standard InChI is InChI=1S/C30H39NO4/c1-6-24-25-15-10-16-27(34-18-11-14-23-12-8-7-9-13-23)26(25)20-28(29(24)30(32)33)35-19-17-31(21(2)3)22(4)5/h7-10,12-13,15-16,20-22H,6,11,14,17-19H2,1-5H3,(H,32,33). The molecule has 1 N–H and O–H groups in total. The summed E-state index contributed by atoms with van der Waals surface area (Å²) in [5, 5.41) is 11.9. The fourth-order valence-corrected chi connectivity index (χ4v) is 4.76. The van der Waals surface area contributed by atoms with Crippen LogP contribution in [-0.2, 0) is 12.8 Å². The molecule has 0 amide bonds. The van der Waals surface area contributed by atoms with E-state index in [-0.39, 0.29) is 5.56 Å². The second-order valence-electron chi connectivity index (χ2n) is 9.45. The number of benzene rings is 3. The summed E-state index contributed by atoms with van der Waals surface area (Å²) in [5.41, 5.74) is 2.33. The molecule has 0 heterocycles. The van der Waals surface area contributed by atoms with Crippen molar-refractivity contribution in [3.05, 3.63) is 71.3 Å². The summed E-state index contributed by atoms with van der Waals surface area (Å²) in [6.45, 7) is 12.4. The second-order valence-corrected chi connectivity index (χ2v) is 9.45. The molecule has 35 heavy (non-hydrogen) atoms. The number of hydrogen-bond acceptors (Lipinski definition) is 4. The predicted molar refractivity (Wildman–Crippen MR) is 143 cm³/mol. The molecule has 0 aliphatic carbocycles. The van der Waals surface area contributed by atoms with Gasteiger partial charge in [-0.3, -0.25) is 4.90 Å². The van der Waals surface area contributed by atoms with Crippen molar-refractivity contribution >= 4 is 16.7 Å². The van der Waals surface area contributed by atoms with Crippen LogP contribution < -0.4 is 9.47 Å². The van der Waals surface area contributed by atoms with Crippen molar-refractivity contribution in [1.82, 2.24) is 4.90 Å². The quantitative estimate of drug-likeness (QED) is 0.281. The number of aromatic carboxylic acids is 1. The highest BCUT2D eigenvalue weighted by Gasteiger charge is 2.22. The summed E-state index contributed by atoms with van der Waals surface area (Å²) >= 11 is 0. The Hall–Kier alpha value is -3.05. The molecule has 5 heteroatoms. The van der Waals surface area contributed by atoms with Gasteiger partial charge in [0, 0.05) is 24.0 Å². The highest BCUT2D eigenvalue weighted by molar-refractivity contribution is 6.02. The van der Waals surface area contributed by atoms with E-state index in [0.29, 0.717) is 37.5 Å². The van der Waals surface area contributed by atoms with Gasteiger partial charge in [-0.2, -0.15) is 0 Å². The first-order valence-electron chi connectivity index (χ1n) is 12.7. The van der Waals surface area contributed by atoms with Crippen LogP contribution in [0.3, 0.4) is 0 Å². The first-order chi connectivity index (χ1) is 16.8. The van der Waals surface area contributed by atoms with E-state index in [1.54, 1.807) is 0 Å². The molecule has 5 nitrogen and oxygen atoms in total. The lowest BCUT2D eigenvalue weighted by Crippen LogP contribution is -2.39. The summed E-state index contributed by atoms with van der Waals surface area (Å²) in [5.74, 6) is 0.213. The maximum absolute atomic E-state index is 12.3. The zero-order chi connectivity index (χ0) is 25.4. The van der Waals surface area contributed by atoms with Gasteiger partial charge in [0.15, 0.2) is 0 Å². The summed E-state index contributed by atoms with van der Waals surface area (Å²) < 4.78 is 12.3. The van der Waals surface area contributed by atoms with Gasteiger partial charge in [-0.1, -0.05) is 49.4 Å². The number of rotatable bonds is 13. The van der Waals surface area contributed by atoms with Gasteiger partial charge in [-0.05, 0) is 75.6 Å². The largest absolute Gasteiger partial charge is 0.493 e. The number of nitrogens with zero attached hydrogens (tertiary/aromatic N) is 1. The number of hydrogen-bond donors (Lipinski definition) is 1. The van der Waals surface area contributed by atoms with Gasteiger partial charge in [0.2, 0.25) is 0 Å². The van der Waals surface area contributed by atoms with E-state index in [4.69, 9.17) is 9.47 Å². The van der Waals surface area contributed by atoms with Crippen LogP contribution in [0.4, 0.5) is 0 Å². The lowest BCUT2D eigenvalue weighted by atomic mass is 9.95. The lowest BCUT2D eigenvalue weighted by Gasteiger charge is -2.30. The van der Waals surface area contributed by atoms with Crippen molar-refractivity contribution in [3.63, 3.8) is 0 Å². The second kappa shape index (κ2) is 12.6. The monoisotopic (exact) mass is 477 g/mol. The van der Waals surface area contributed by atoms with Crippen LogP contribution in [0.2, 0.25) is 0 Å². The average Bonchev–Trinajstić information content (AvgIpc) is 2.83. The Morgan fingerprint density at radius 1 is 0.886 bits per heavy atom. The van der Waals surface area contributed by atoms with E-state index >= 15 is 0 Å². The number of fused-ring (bicyclic) bond motifs is 1. The van der Waals surface area contributed by atoms with E-state index < -0.39 is 5.97 Å². The van der Waals surface area contributed by atoms with Crippen LogP contribution in [0.5, 0.6) is 11.5 Å². The van der Waals surface area contributed by atoms with Crippen molar-refractivity contribution in [1.29, 1.82) is 0 Å². The van der Waals surface area contributed by atoms with Gasteiger partial charge in [0.1, 0.15) is 23.7 Å². The third-order valence-electron chi connectivity index (χ3n) is 6.43. The Morgan fingerprint density at radius 3 is 2.20 bits per heavy atom. The van der Waals surface area contributed by atoms with Crippen molar-refractivity contribution in [2.45, 2.75) is 66.0 Å². The SMILES string of the molecule is CCc1c(C(=O)O)c(OCCN(C(C)C)C(C)C)cc2c(OCCCc3ccccc3)cccc12. The highest BCUT2D eigenvalue weighted by atomic mass is 16.5. The van der Waals surface area contributed by atoms with Crippen LogP contribution in [-0.4, -0.2) is 47.8 Å². The number of carboxylic acid groups (broad SMARTS) is 1. The zero-order valence-electron chi connectivity index (χ0n) is 21.7. The fourth-order valence-electron chi connectivity index (χ4n) is 4.76. The Labute approximate surface area is 209 Å². The molecule has 188 valence electrons. The molecule has 0 spiro atoms. The molecule has 0 radical (unpaired) electrons. The summed E-state index contributed by atoms with van der Waals surface area (Å²) in [6.07, 6.45) is 2.44. The van der Waals surface area contributed by atoms with E-state index in [1.807, 2.05) is 37.3 Å². The molecule has 3 rings (SSSR count). The van der Waals surface area contributed by atoms with Crippen molar-refractivity contribution in [3.8, 4) is 11.5 Å². The first kappa shape index (κ1) is 26.6. The van der Waals surface area contributed by atoms with E-state index in [1.165, 1.54) is 5.56 Å². The smallest absolute Gasteiger partial charge is 0.339 e. The zero-order valence-corrected chi connectivity index (χ0v) is 21.7. The predicted octanol–water partition coefficient (Wildman–Crippen LogP) is 6.61. The molecule has 0 bridgehead atoms. The minimum Gasteiger partial charge on any atom is -0.493 e. The molecule has 0 aliphatic heterocycles. The molecule has 0 aromatic heterocycles. The van der Waals surface area contributed by atoms with Crippen LogP contribution in [0, 0.1) is 0 Å². The topological polar surface area (TPSA) is 59.0 Å². The van der Waals surface area contributed by atoms with Gasteiger partial charge in [0.25, 0.3) is 0 Å². The minimum absolute atomic E-state index is 0.252. The van der Waals surface area contributed by atoms with Gasteiger partial charge in [-0.15, -0.1) is 0 Å². The van der Waals surface area contributed by atoms with E-state index in [0.717, 1.165) is 41.5 Å². The molecule has 0 unspecified atom stereocenters. The van der Waals surface area contributed by atoms with Crippen LogP contribution in [0.1, 0.15) is 62.5 Å². The fraction of sp³-hybridized carbons (Fsp3) is 0.433. The van der Waals surface area contributed by atoms with Gasteiger partial charge in [0.05, 0.1) is 6.61 Å². The summed E-state index contributed by atoms with van der Waals surface area (Å²) in [7, 11) is 0. The molecule has 3 aromatic carbocycles. The van der Waals surface area contributed by atoms with Crippen molar-refractivity contribution < 1.29 is 19.4 Å². The maximum Gasteiger partial charge on any atom is 0.339 e. The van der Waals surface area contributed by atoms with Crippen molar-refractivity contribution in [2.24, 2.45) is 0 Å². The van der Waals surface area contributed by atoms with Crippen LogP contribution in [0.25, 0.3) is 10.8 Å². The molecule has 3 aromatic rings. The highest BCUT2D eigenvalue weighted by Crippen LogP contribution is 2.36. The molecule has 0 fully saturated rings. The van der Waals surface area contributed by atoms with Crippen LogP contribution in [0.15, 0.2) is 54.6 Å². The van der Waals surface area contributed by atoms with Gasteiger partial charge >= 0.3 is 5.97 Å². The summed E-state index contributed by atoms with van der Waals surface area (Å²) in [6, 6.07) is 18.9. The molecule has 0 aliphatic rings. The normalized spacial score (nSPS) is 11.5. The molecule has 0 atom stereocenters. The lowest BCUT2D eigenvalue weighted by molar-refractivity contribution is 0.0689. The Morgan fingerprint density at radius 2 is 1.57 bits per heavy atom. The third-order valence-corrected chi connectivity index (χ3v) is 6.43. The van der Waals surface area contributed by atoms with Crippen molar-refractivity contribution in [2.75, 3.05) is 19.8 Å². The third kappa shape index (κ3) is 6.76. The van der Waals surface area contributed by atoms with Gasteiger partial charge < -0.3 is 14.6 Å². The van der Waals surface area contributed by atoms with Crippen LogP contribution >= 0.6 is 0 Å². The number of carbonyl (C=O) groups is 1. The Bertz CT molecular complexity index is 1100. The van der Waals surface area contributed by atoms with Gasteiger partial charge in [-0.25, -0.2) is 4.79 Å². The minimum atomic E-state index is -0.961. The number of carboxylic acids is 1. The number of aryl methyl sites for hydroxylation is 2. The molecular weight excluding hydrogens is 438 g/mol. The number of ether oxygens (including phenoxy) is 2. The molecule has 0 saturated heterocycles. The molecular formula is C30H39NO4. The Balaban J connectivity index is 1.85. The van der Waals surface area contributed by atoms with E-state index in [9.17, 15) is 9.90 Å². The maximum atomic E-state index is 12.3.